The zero-order valence-corrected chi connectivity index (χ0v) is 66.5. The lowest BCUT2D eigenvalue weighted by Crippen LogP contribution is -2.66. The third kappa shape index (κ3) is 46.8. The van der Waals surface area contributed by atoms with Crippen molar-refractivity contribution in [3.05, 3.63) is 170 Å². The molecule has 0 bridgehead atoms. The molecule has 3 fully saturated rings. The van der Waals surface area contributed by atoms with Crippen LogP contribution in [0.3, 0.4) is 0 Å². The van der Waals surface area contributed by atoms with Gasteiger partial charge < -0.3 is 89.9 Å². The van der Waals surface area contributed by atoms with Crippen molar-refractivity contribution in [3.63, 3.8) is 0 Å². The molecule has 3 aliphatic rings. The van der Waals surface area contributed by atoms with E-state index in [4.69, 9.17) is 28.4 Å². The number of carbonyl (C=O) groups is 1. The number of aliphatic hydroxyl groups is 11. The number of hydrogen-bond donors (Lipinski definition) is 12. The van der Waals surface area contributed by atoms with Crippen LogP contribution in [-0.2, 0) is 33.2 Å². The van der Waals surface area contributed by atoms with Gasteiger partial charge in [0, 0.05) is 6.42 Å². The summed E-state index contributed by atoms with van der Waals surface area (Å²) in [6.07, 6.45) is 74.8. The van der Waals surface area contributed by atoms with Crippen LogP contribution in [0.1, 0.15) is 258 Å². The molecule has 109 heavy (non-hydrogen) atoms. The van der Waals surface area contributed by atoms with E-state index in [1.54, 1.807) is 6.08 Å². The van der Waals surface area contributed by atoms with Crippen molar-refractivity contribution in [1.29, 1.82) is 0 Å². The normalized spacial score (nSPS) is 26.2. The lowest BCUT2D eigenvalue weighted by Gasteiger charge is -2.48. The van der Waals surface area contributed by atoms with Gasteiger partial charge in [-0.05, 0) is 122 Å². The van der Waals surface area contributed by atoms with Crippen LogP contribution in [0.4, 0.5) is 0 Å². The standard InChI is InChI=1S/C90H147NO18/c1-3-5-7-9-11-13-15-17-19-21-23-25-27-28-29-30-31-32-33-34-35-36-37-38-39-40-41-42-43-44-46-48-50-52-54-56-58-60-62-64-66-68-78(96)91-73(74(95)67-65-63-61-59-57-55-53-51-49-47-45-26-24-22-20-18-16-14-12-10-8-6-4-2)72-104-88-84(102)81(99)86(76(70-93)106-88)109-90-85(103)82(100)87(77(71-94)107-90)108-89-83(101)80(98)79(97)75(69-92)105-89/h5,7,11,13,17,19,23,25,28-29,31-32,34-35,37-38,40-41,43-44,48,50,54,56-57,59,65,67,73-77,79-90,92-95,97-103H,3-4,6,8-10,12,14-16,18,20-22,24,26-27,30,33,36,39,42,45-47,49,51-53,55,58,60-64,66,68-72H2,1-2H3,(H,91,96)/b7-5-,13-11-,19-17-,25-23-,29-28-,32-31-,35-34-,38-37-,41-40-,44-43-,50-48-,56-54-,59-57+,67-65+. The molecule has 3 heterocycles. The molecule has 3 saturated heterocycles. The molecular formula is C90H147NO18. The van der Waals surface area contributed by atoms with E-state index in [1.807, 2.05) is 6.08 Å². The van der Waals surface area contributed by atoms with Crippen molar-refractivity contribution in [2.75, 3.05) is 26.4 Å². The second-order valence-electron chi connectivity index (χ2n) is 28.8. The number of amides is 1. The van der Waals surface area contributed by atoms with Crippen molar-refractivity contribution in [1.82, 2.24) is 5.32 Å². The highest BCUT2D eigenvalue weighted by atomic mass is 16.8. The highest BCUT2D eigenvalue weighted by Crippen LogP contribution is 2.33. The molecule has 12 N–H and O–H groups in total. The summed E-state index contributed by atoms with van der Waals surface area (Å²) in [5.74, 6) is -0.315. The van der Waals surface area contributed by atoms with Crippen LogP contribution in [0.2, 0.25) is 0 Å². The molecule has 0 aromatic heterocycles. The summed E-state index contributed by atoms with van der Waals surface area (Å²) >= 11 is 0. The summed E-state index contributed by atoms with van der Waals surface area (Å²) in [6, 6.07) is -1.02. The second-order valence-corrected chi connectivity index (χ2v) is 28.8. The summed E-state index contributed by atoms with van der Waals surface area (Å²) in [4.78, 5) is 13.5. The maximum absolute atomic E-state index is 13.5. The minimum absolute atomic E-state index is 0.194. The van der Waals surface area contributed by atoms with Gasteiger partial charge in [-0.25, -0.2) is 0 Å². The van der Waals surface area contributed by atoms with Crippen LogP contribution in [0.25, 0.3) is 0 Å². The molecule has 19 heteroatoms. The van der Waals surface area contributed by atoms with Crippen LogP contribution in [0.15, 0.2) is 170 Å². The Kier molecular flexibility index (Phi) is 61.0. The lowest BCUT2D eigenvalue weighted by molar-refractivity contribution is -0.379. The van der Waals surface area contributed by atoms with Gasteiger partial charge in [0.15, 0.2) is 18.9 Å². The summed E-state index contributed by atoms with van der Waals surface area (Å²) < 4.78 is 34.4. The largest absolute Gasteiger partial charge is 0.394 e. The smallest absolute Gasteiger partial charge is 0.220 e. The summed E-state index contributed by atoms with van der Waals surface area (Å²) in [6.45, 7) is 1.58. The van der Waals surface area contributed by atoms with Gasteiger partial charge in [0.25, 0.3) is 0 Å². The molecule has 19 nitrogen and oxygen atoms in total. The Morgan fingerprint density at radius 2 is 0.642 bits per heavy atom. The zero-order chi connectivity index (χ0) is 78.8. The summed E-state index contributed by atoms with van der Waals surface area (Å²) in [5.41, 5.74) is 0. The van der Waals surface area contributed by atoms with Gasteiger partial charge in [-0.15, -0.1) is 0 Å². The number of unbranched alkanes of at least 4 members (excludes halogenated alkanes) is 22. The van der Waals surface area contributed by atoms with Gasteiger partial charge in [0.05, 0.1) is 38.6 Å². The average Bonchev–Trinajstić information content (AvgIpc) is 0.760. The quantitative estimate of drug-likeness (QED) is 0.0199. The molecule has 0 aliphatic carbocycles. The molecule has 0 aromatic carbocycles. The Balaban J connectivity index is 1.38. The monoisotopic (exact) mass is 1530 g/mol. The van der Waals surface area contributed by atoms with E-state index in [-0.39, 0.29) is 18.9 Å². The SMILES string of the molecule is CC/C=C\C/C=C\C/C=C\C/C=C\C/C=C\C/C=C\C/C=C\C/C=C\C/C=C\C/C=C\C/C=C\C/C=C\CCCCCCC(=O)NC(COC1OC(CO)C(OC2OC(CO)C(OC3OC(CO)C(O)C(O)C3O)C(O)C2O)C(O)C1O)C(O)/C=C/CC/C=C/CCCCCCCCCCCCCCCCCCC. The molecule has 1 amide bonds. The van der Waals surface area contributed by atoms with Crippen molar-refractivity contribution < 1.29 is 89.4 Å². The van der Waals surface area contributed by atoms with Crippen molar-refractivity contribution >= 4 is 5.91 Å². The number of hydrogen-bond acceptors (Lipinski definition) is 18. The third-order valence-electron chi connectivity index (χ3n) is 19.5. The van der Waals surface area contributed by atoms with Gasteiger partial charge in [-0.2, -0.15) is 0 Å². The third-order valence-corrected chi connectivity index (χ3v) is 19.5. The molecule has 620 valence electrons. The molecule has 0 saturated carbocycles. The van der Waals surface area contributed by atoms with Gasteiger partial charge in [0.1, 0.15) is 73.2 Å². The summed E-state index contributed by atoms with van der Waals surface area (Å²) in [7, 11) is 0. The minimum atomic E-state index is -1.99. The molecule has 17 unspecified atom stereocenters. The number of rotatable bonds is 64. The second kappa shape index (κ2) is 67.6. The van der Waals surface area contributed by atoms with E-state index in [9.17, 15) is 61.0 Å². The van der Waals surface area contributed by atoms with Gasteiger partial charge in [0.2, 0.25) is 5.91 Å². The van der Waals surface area contributed by atoms with Gasteiger partial charge >= 0.3 is 0 Å². The van der Waals surface area contributed by atoms with E-state index in [0.717, 1.165) is 122 Å². The molecule has 0 aromatic rings. The Morgan fingerprint density at radius 3 is 1.03 bits per heavy atom. The fraction of sp³-hybridized carbons (Fsp3) is 0.678. The fourth-order valence-corrected chi connectivity index (χ4v) is 12.8. The van der Waals surface area contributed by atoms with E-state index in [2.05, 4.69) is 177 Å². The predicted octanol–water partition coefficient (Wildman–Crippen LogP) is 14.9. The van der Waals surface area contributed by atoms with Crippen LogP contribution >= 0.6 is 0 Å². The number of carbonyl (C=O) groups excluding carboxylic acids is 1. The first-order chi connectivity index (χ1) is 53.3. The van der Waals surface area contributed by atoms with Crippen molar-refractivity contribution in [2.24, 2.45) is 0 Å². The summed E-state index contributed by atoms with van der Waals surface area (Å²) in [5, 5.41) is 121. The topological polar surface area (TPSA) is 307 Å². The molecule has 0 radical (unpaired) electrons. The van der Waals surface area contributed by atoms with E-state index < -0.39 is 124 Å². The van der Waals surface area contributed by atoms with E-state index in [1.165, 1.54) is 103 Å². The Morgan fingerprint density at radius 1 is 0.339 bits per heavy atom. The predicted molar refractivity (Wildman–Crippen MR) is 438 cm³/mol. The number of nitrogens with one attached hydrogen (secondary N) is 1. The number of allylic oxidation sites excluding steroid dienone is 27. The first kappa shape index (κ1) is 98.3. The highest BCUT2D eigenvalue weighted by molar-refractivity contribution is 5.76. The Bertz CT molecular complexity index is 2640. The lowest BCUT2D eigenvalue weighted by atomic mass is 9.96. The maximum atomic E-state index is 13.5. The van der Waals surface area contributed by atoms with Crippen LogP contribution < -0.4 is 5.32 Å². The molecule has 0 spiro atoms. The zero-order valence-electron chi connectivity index (χ0n) is 66.5. The van der Waals surface area contributed by atoms with Crippen LogP contribution in [0, 0.1) is 0 Å². The first-order valence-electron chi connectivity index (χ1n) is 41.9. The van der Waals surface area contributed by atoms with Gasteiger partial charge in [-0.1, -0.05) is 300 Å². The van der Waals surface area contributed by atoms with Gasteiger partial charge in [-0.3, -0.25) is 4.79 Å². The van der Waals surface area contributed by atoms with E-state index >= 15 is 0 Å². The van der Waals surface area contributed by atoms with Crippen LogP contribution in [-0.4, -0.2) is 193 Å². The average molecular weight is 1530 g/mol. The first-order valence-corrected chi connectivity index (χ1v) is 41.9. The molecule has 3 aliphatic heterocycles. The number of aliphatic hydroxyl groups excluding tert-OH is 11. The molecular weight excluding hydrogens is 1380 g/mol. The number of ether oxygens (including phenoxy) is 6. The van der Waals surface area contributed by atoms with E-state index in [0.29, 0.717) is 12.8 Å². The Labute approximate surface area is 656 Å². The molecule has 17 atom stereocenters. The minimum Gasteiger partial charge on any atom is -0.394 e. The van der Waals surface area contributed by atoms with Crippen molar-refractivity contribution in [2.45, 2.75) is 362 Å². The Hall–Kier alpha value is -4.85. The fourth-order valence-electron chi connectivity index (χ4n) is 12.8. The molecule has 3 rings (SSSR count). The van der Waals surface area contributed by atoms with Crippen LogP contribution in [0.5, 0.6) is 0 Å². The van der Waals surface area contributed by atoms with Crippen molar-refractivity contribution in [3.8, 4) is 0 Å². The highest BCUT2D eigenvalue weighted by Gasteiger charge is 2.54. The maximum Gasteiger partial charge on any atom is 0.220 e.